The number of carbonyl (C=O) groups excluding carboxylic acids is 2. The predicted octanol–water partition coefficient (Wildman–Crippen LogP) is 4.30. The van der Waals surface area contributed by atoms with Gasteiger partial charge in [-0.15, -0.1) is 0 Å². The van der Waals surface area contributed by atoms with E-state index in [0.29, 0.717) is 11.1 Å². The lowest BCUT2D eigenvalue weighted by Crippen LogP contribution is -2.49. The van der Waals surface area contributed by atoms with Crippen molar-refractivity contribution in [1.82, 2.24) is 15.2 Å². The maximum absolute atomic E-state index is 14.4. The predicted molar refractivity (Wildman–Crippen MR) is 154 cm³/mol. The van der Waals surface area contributed by atoms with Gasteiger partial charge in [-0.25, -0.2) is 17.8 Å². The number of pyridine rings is 1. The molecule has 1 unspecified atom stereocenters. The highest BCUT2D eigenvalue weighted by molar-refractivity contribution is 7.92. The number of sulfonamides is 1. The van der Waals surface area contributed by atoms with E-state index >= 15 is 0 Å². The molecule has 0 spiro atoms. The molecule has 43 heavy (non-hydrogen) atoms. The monoisotopic (exact) mass is 621 g/mol. The number of aromatic nitrogens is 1. The first kappa shape index (κ1) is 31.7. The van der Waals surface area contributed by atoms with Crippen LogP contribution in [0.4, 0.5) is 29.1 Å². The van der Waals surface area contributed by atoms with Gasteiger partial charge in [-0.1, -0.05) is 29.8 Å². The van der Waals surface area contributed by atoms with Gasteiger partial charge in [0.15, 0.2) is 0 Å². The van der Waals surface area contributed by atoms with Gasteiger partial charge in [-0.2, -0.15) is 13.2 Å². The lowest BCUT2D eigenvalue weighted by atomic mass is 9.99. The normalized spacial score (nSPS) is 14.8. The van der Waals surface area contributed by atoms with Gasteiger partial charge in [0.2, 0.25) is 15.9 Å². The summed E-state index contributed by atoms with van der Waals surface area (Å²) in [5.74, 6) is -2.37. The first-order valence-electron chi connectivity index (χ1n) is 13.4. The number of nitrogens with zero attached hydrogens (tertiary/aromatic N) is 3. The lowest BCUT2D eigenvalue weighted by molar-refractivity contribution is -0.141. The molecule has 0 bridgehead atoms. The number of nitrogens with one attached hydrogen (secondary N) is 2. The molecule has 1 aliphatic rings. The number of carbonyl (C=O) groups is 2. The average Bonchev–Trinajstić information content (AvgIpc) is 2.95. The number of alkyl halides is 3. The fourth-order valence-corrected chi connectivity index (χ4v) is 5.18. The zero-order valence-electron chi connectivity index (χ0n) is 23.7. The fourth-order valence-electron chi connectivity index (χ4n) is 4.62. The van der Waals surface area contributed by atoms with Crippen LogP contribution in [0, 0.1) is 12.7 Å². The maximum Gasteiger partial charge on any atom is 0.433 e. The van der Waals surface area contributed by atoms with E-state index in [1.807, 2.05) is 23.8 Å². The Balaban J connectivity index is 1.47. The number of amides is 2. The van der Waals surface area contributed by atoms with Crippen LogP contribution in [0.3, 0.4) is 0 Å². The Kier molecular flexibility index (Phi) is 9.28. The van der Waals surface area contributed by atoms with E-state index in [0.717, 1.165) is 24.0 Å². The quantitative estimate of drug-likeness (QED) is 0.363. The Morgan fingerprint density at radius 3 is 2.23 bits per heavy atom. The van der Waals surface area contributed by atoms with Crippen molar-refractivity contribution >= 4 is 33.3 Å². The maximum atomic E-state index is 14.4. The van der Waals surface area contributed by atoms with Crippen LogP contribution in [-0.2, 0) is 27.5 Å². The molecule has 2 heterocycles. The molecule has 0 aliphatic carbocycles. The molecule has 9 nitrogen and oxygen atoms in total. The molecule has 0 radical (unpaired) electrons. The molecule has 1 aromatic heterocycles. The number of hydrogen-bond acceptors (Lipinski definition) is 6. The second-order valence-corrected chi connectivity index (χ2v) is 12.1. The standard InChI is InChI=1S/C29H31F4N5O4S/c1-18-4-6-20(7-5-18)28(40)38-14-12-37(13-15-38)26-22(9-11-25(35-26)29(31,32)33)17-34-27(39)19(2)21-8-10-24(23(30)16-21)36-43(3,41)42/h4-11,16,19,36H,12-15,17H2,1-3H3,(H,34,39). The molecule has 4 rings (SSSR count). The van der Waals surface area contributed by atoms with Crippen molar-refractivity contribution in [2.24, 2.45) is 0 Å². The Morgan fingerprint density at radius 1 is 1.00 bits per heavy atom. The van der Waals surface area contributed by atoms with Gasteiger partial charge in [0, 0.05) is 43.9 Å². The zero-order valence-corrected chi connectivity index (χ0v) is 24.5. The molecule has 3 aromatic rings. The second kappa shape index (κ2) is 12.6. The summed E-state index contributed by atoms with van der Waals surface area (Å²) in [6, 6.07) is 12.9. The molecule has 14 heteroatoms. The summed E-state index contributed by atoms with van der Waals surface area (Å²) in [6.07, 6.45) is -3.80. The van der Waals surface area contributed by atoms with Crippen molar-refractivity contribution in [3.8, 4) is 0 Å². The SMILES string of the molecule is Cc1ccc(C(=O)N2CCN(c3nc(C(F)(F)F)ccc3CNC(=O)C(C)c3ccc(NS(C)(=O)=O)c(F)c3)CC2)cc1. The highest BCUT2D eigenvalue weighted by Crippen LogP contribution is 2.31. The third kappa shape index (κ3) is 8.00. The summed E-state index contributed by atoms with van der Waals surface area (Å²) in [5.41, 5.74) is 0.801. The molecule has 1 aliphatic heterocycles. The van der Waals surface area contributed by atoms with Gasteiger partial charge >= 0.3 is 6.18 Å². The molecule has 2 N–H and O–H groups in total. The summed E-state index contributed by atoms with van der Waals surface area (Å²) in [5, 5.41) is 2.67. The van der Waals surface area contributed by atoms with Crippen molar-refractivity contribution in [3.63, 3.8) is 0 Å². The average molecular weight is 622 g/mol. The summed E-state index contributed by atoms with van der Waals surface area (Å²) >= 11 is 0. The van der Waals surface area contributed by atoms with E-state index in [-0.39, 0.29) is 55.7 Å². The van der Waals surface area contributed by atoms with Crippen molar-refractivity contribution in [2.75, 3.05) is 42.1 Å². The second-order valence-electron chi connectivity index (χ2n) is 10.4. The highest BCUT2D eigenvalue weighted by atomic mass is 32.2. The number of rotatable bonds is 8. The summed E-state index contributed by atoms with van der Waals surface area (Å²) < 4.78 is 79.9. The van der Waals surface area contributed by atoms with Gasteiger partial charge in [-0.05, 0) is 49.7 Å². The Morgan fingerprint density at radius 2 is 1.65 bits per heavy atom. The first-order chi connectivity index (χ1) is 20.1. The lowest BCUT2D eigenvalue weighted by Gasteiger charge is -2.36. The van der Waals surface area contributed by atoms with Crippen LogP contribution in [0.2, 0.25) is 0 Å². The Bertz CT molecular complexity index is 1610. The zero-order chi connectivity index (χ0) is 31.5. The molecule has 2 amide bonds. The smallest absolute Gasteiger partial charge is 0.353 e. The van der Waals surface area contributed by atoms with Crippen molar-refractivity contribution in [3.05, 3.63) is 88.4 Å². The molecule has 1 atom stereocenters. The number of aryl methyl sites for hydroxylation is 1. The highest BCUT2D eigenvalue weighted by Gasteiger charge is 2.34. The fraction of sp³-hybridized carbons (Fsp3) is 0.345. The van der Waals surface area contributed by atoms with E-state index in [2.05, 4.69) is 10.3 Å². The number of halogens is 4. The Labute approximate surface area is 247 Å². The van der Waals surface area contributed by atoms with Crippen LogP contribution in [0.1, 0.15) is 45.6 Å². The first-order valence-corrected chi connectivity index (χ1v) is 15.2. The summed E-state index contributed by atoms with van der Waals surface area (Å²) in [7, 11) is -3.70. The Hall–Kier alpha value is -4.20. The van der Waals surface area contributed by atoms with E-state index in [4.69, 9.17) is 0 Å². The number of piperazine rings is 1. The number of benzene rings is 2. The van der Waals surface area contributed by atoms with E-state index in [1.54, 1.807) is 21.9 Å². The van der Waals surface area contributed by atoms with E-state index in [9.17, 15) is 35.6 Å². The molecule has 0 saturated carbocycles. The molecule has 1 saturated heterocycles. The number of anilines is 2. The molecular formula is C29H31F4N5O4S. The number of hydrogen-bond donors (Lipinski definition) is 2. The third-order valence-corrected chi connectivity index (χ3v) is 7.64. The van der Waals surface area contributed by atoms with Crippen molar-refractivity contribution in [1.29, 1.82) is 0 Å². The summed E-state index contributed by atoms with van der Waals surface area (Å²) in [6.45, 7) is 4.28. The molecule has 1 fully saturated rings. The van der Waals surface area contributed by atoms with Crippen LogP contribution in [-0.4, -0.2) is 62.6 Å². The third-order valence-electron chi connectivity index (χ3n) is 7.05. The largest absolute Gasteiger partial charge is 0.433 e. The van der Waals surface area contributed by atoms with Crippen molar-refractivity contribution < 1.29 is 35.6 Å². The molecular weight excluding hydrogens is 590 g/mol. The van der Waals surface area contributed by atoms with Gasteiger partial charge in [0.1, 0.15) is 17.3 Å². The molecule has 230 valence electrons. The van der Waals surface area contributed by atoms with Gasteiger partial charge in [0.25, 0.3) is 5.91 Å². The topological polar surface area (TPSA) is 112 Å². The summed E-state index contributed by atoms with van der Waals surface area (Å²) in [4.78, 5) is 33.0. The molecule has 2 aromatic carbocycles. The van der Waals surface area contributed by atoms with Crippen LogP contribution < -0.4 is 14.9 Å². The van der Waals surface area contributed by atoms with Crippen LogP contribution in [0.5, 0.6) is 0 Å². The van der Waals surface area contributed by atoms with Gasteiger partial charge in [0.05, 0.1) is 17.9 Å². The minimum atomic E-state index is -4.68. The van der Waals surface area contributed by atoms with Gasteiger partial charge in [-0.3, -0.25) is 14.3 Å². The van der Waals surface area contributed by atoms with Crippen LogP contribution >= 0.6 is 0 Å². The van der Waals surface area contributed by atoms with Crippen LogP contribution in [0.15, 0.2) is 54.6 Å². The van der Waals surface area contributed by atoms with Crippen LogP contribution in [0.25, 0.3) is 0 Å². The van der Waals surface area contributed by atoms with E-state index in [1.165, 1.54) is 25.1 Å². The van der Waals surface area contributed by atoms with Gasteiger partial charge < -0.3 is 15.1 Å². The van der Waals surface area contributed by atoms with Crippen molar-refractivity contribution in [2.45, 2.75) is 32.5 Å². The van der Waals surface area contributed by atoms with E-state index < -0.39 is 39.5 Å². The minimum absolute atomic E-state index is 0.0486. The minimum Gasteiger partial charge on any atom is -0.353 e.